The highest BCUT2D eigenvalue weighted by molar-refractivity contribution is 7.98. The molecule has 0 aliphatic heterocycles. The first-order valence-corrected chi connectivity index (χ1v) is 8.67. The predicted octanol–water partition coefficient (Wildman–Crippen LogP) is 2.97. The summed E-state index contributed by atoms with van der Waals surface area (Å²) in [6.07, 6.45) is 1.82. The predicted molar refractivity (Wildman–Crippen MR) is 95.6 cm³/mol. The van der Waals surface area contributed by atoms with Crippen molar-refractivity contribution < 1.29 is 14.5 Å². The fraction of sp³-hybridized carbons (Fsp3) is 0.125. The Labute approximate surface area is 152 Å². The maximum Gasteiger partial charge on any atom is 0.282 e. The number of hydrazine groups is 1. The van der Waals surface area contributed by atoms with E-state index in [0.717, 1.165) is 0 Å². The van der Waals surface area contributed by atoms with Crippen LogP contribution < -0.4 is 10.9 Å². The first kappa shape index (κ1) is 18.8. The van der Waals surface area contributed by atoms with Gasteiger partial charge in [0.2, 0.25) is 5.91 Å². The molecule has 0 aromatic heterocycles. The van der Waals surface area contributed by atoms with Crippen LogP contribution in [-0.2, 0) is 11.2 Å². The summed E-state index contributed by atoms with van der Waals surface area (Å²) in [4.78, 5) is 35.2. The molecular formula is C16H14ClN3O4S. The molecule has 0 fully saturated rings. The van der Waals surface area contributed by atoms with Gasteiger partial charge in [0.05, 0.1) is 11.3 Å². The number of carbonyl (C=O) groups is 2. The Morgan fingerprint density at radius 3 is 2.44 bits per heavy atom. The number of rotatable bonds is 5. The summed E-state index contributed by atoms with van der Waals surface area (Å²) in [6.45, 7) is 0. The number of amides is 2. The normalized spacial score (nSPS) is 10.2. The van der Waals surface area contributed by atoms with Gasteiger partial charge in [-0.05, 0) is 36.1 Å². The number of benzene rings is 2. The minimum absolute atomic E-state index is 0.0321. The summed E-state index contributed by atoms with van der Waals surface area (Å²) >= 11 is 7.12. The smallest absolute Gasteiger partial charge is 0.273 e. The van der Waals surface area contributed by atoms with Gasteiger partial charge in [0.15, 0.2) is 0 Å². The summed E-state index contributed by atoms with van der Waals surface area (Å²) in [5, 5.41) is 11.6. The molecule has 9 heteroatoms. The molecule has 7 nitrogen and oxygen atoms in total. The molecule has 2 aromatic carbocycles. The second-order valence-electron chi connectivity index (χ2n) is 4.95. The van der Waals surface area contributed by atoms with Crippen LogP contribution in [0.25, 0.3) is 0 Å². The largest absolute Gasteiger partial charge is 0.282 e. The van der Waals surface area contributed by atoms with E-state index in [1.807, 2.05) is 0 Å². The van der Waals surface area contributed by atoms with E-state index in [-0.39, 0.29) is 17.7 Å². The van der Waals surface area contributed by atoms with Gasteiger partial charge in [-0.15, -0.1) is 11.8 Å². The van der Waals surface area contributed by atoms with Gasteiger partial charge in [-0.3, -0.25) is 30.6 Å². The second-order valence-corrected chi connectivity index (χ2v) is 6.26. The zero-order valence-electron chi connectivity index (χ0n) is 13.1. The Balaban J connectivity index is 2.03. The molecule has 130 valence electrons. The van der Waals surface area contributed by atoms with Gasteiger partial charge in [0.1, 0.15) is 5.56 Å². The maximum atomic E-state index is 12.2. The molecule has 0 aliphatic carbocycles. The van der Waals surface area contributed by atoms with E-state index >= 15 is 0 Å². The van der Waals surface area contributed by atoms with Crippen LogP contribution in [0.5, 0.6) is 0 Å². The average Bonchev–Trinajstić information content (AvgIpc) is 2.61. The quantitative estimate of drug-likeness (QED) is 0.472. The summed E-state index contributed by atoms with van der Waals surface area (Å²) in [5.74, 6) is -1.22. The van der Waals surface area contributed by atoms with Crippen molar-refractivity contribution in [3.05, 3.63) is 68.7 Å². The van der Waals surface area contributed by atoms with Crippen molar-refractivity contribution in [2.24, 2.45) is 0 Å². The number of nitro benzene ring substituents is 1. The van der Waals surface area contributed by atoms with Crippen LogP contribution in [0.15, 0.2) is 47.4 Å². The highest BCUT2D eigenvalue weighted by Crippen LogP contribution is 2.24. The van der Waals surface area contributed by atoms with Crippen molar-refractivity contribution in [2.75, 3.05) is 6.26 Å². The maximum absolute atomic E-state index is 12.2. The lowest BCUT2D eigenvalue weighted by atomic mass is 10.1. The minimum Gasteiger partial charge on any atom is -0.273 e. The van der Waals surface area contributed by atoms with Crippen molar-refractivity contribution in [3.63, 3.8) is 0 Å². The van der Waals surface area contributed by atoms with Crippen LogP contribution >= 0.6 is 23.4 Å². The Morgan fingerprint density at radius 2 is 1.84 bits per heavy atom. The number of nitrogens with zero attached hydrogens (tertiary/aromatic N) is 1. The molecule has 2 N–H and O–H groups in total. The molecule has 0 heterocycles. The number of carbonyl (C=O) groups excluding carboxylic acids is 2. The molecule has 0 radical (unpaired) electrons. The number of hydrogen-bond donors (Lipinski definition) is 2. The summed E-state index contributed by atoms with van der Waals surface area (Å²) < 4.78 is 0. The monoisotopic (exact) mass is 379 g/mol. The first-order valence-electron chi connectivity index (χ1n) is 7.06. The fourth-order valence-corrected chi connectivity index (χ4v) is 2.57. The van der Waals surface area contributed by atoms with Crippen LogP contribution in [0.4, 0.5) is 5.69 Å². The summed E-state index contributed by atoms with van der Waals surface area (Å²) in [5.41, 5.74) is 4.71. The lowest BCUT2D eigenvalue weighted by molar-refractivity contribution is -0.385. The zero-order chi connectivity index (χ0) is 18.4. The van der Waals surface area contributed by atoms with Gasteiger partial charge in [-0.2, -0.15) is 0 Å². The van der Waals surface area contributed by atoms with Crippen LogP contribution in [0.2, 0.25) is 5.02 Å². The van der Waals surface area contributed by atoms with Gasteiger partial charge in [-0.1, -0.05) is 23.7 Å². The highest BCUT2D eigenvalue weighted by Gasteiger charge is 2.21. The van der Waals surface area contributed by atoms with Gasteiger partial charge < -0.3 is 0 Å². The van der Waals surface area contributed by atoms with E-state index in [0.29, 0.717) is 15.5 Å². The van der Waals surface area contributed by atoms with E-state index in [1.165, 1.54) is 23.9 Å². The molecule has 0 saturated carbocycles. The molecular weight excluding hydrogens is 366 g/mol. The number of nitro groups is 1. The summed E-state index contributed by atoms with van der Waals surface area (Å²) in [6, 6.07) is 10.9. The lowest BCUT2D eigenvalue weighted by Crippen LogP contribution is -2.42. The second kappa shape index (κ2) is 8.50. The summed E-state index contributed by atoms with van der Waals surface area (Å²) in [7, 11) is 0. The Hall–Kier alpha value is -2.58. The molecule has 2 aromatic rings. The highest BCUT2D eigenvalue weighted by atomic mass is 35.5. The molecule has 0 saturated heterocycles. The van der Waals surface area contributed by atoms with E-state index in [4.69, 9.17) is 11.6 Å². The average molecular weight is 380 g/mol. The van der Waals surface area contributed by atoms with Crippen LogP contribution in [0, 0.1) is 10.1 Å². The van der Waals surface area contributed by atoms with Crippen molar-refractivity contribution in [2.45, 2.75) is 11.3 Å². The minimum atomic E-state index is -0.757. The molecule has 0 bridgehead atoms. The lowest BCUT2D eigenvalue weighted by Gasteiger charge is -2.09. The van der Waals surface area contributed by atoms with E-state index in [1.54, 1.807) is 36.6 Å². The Kier molecular flexibility index (Phi) is 6.37. The molecule has 2 amide bonds. The Bertz CT molecular complexity index is 812. The zero-order valence-corrected chi connectivity index (χ0v) is 14.7. The number of thioether (sulfide) groups is 1. The van der Waals surface area contributed by atoms with Crippen molar-refractivity contribution >= 4 is 40.9 Å². The molecule has 0 aliphatic rings. The standard InChI is InChI=1S/C16H14ClN3O4S/c1-25-12-6-7-14(20(23)24)13(9-12)16(22)19-18-15(21)8-10-2-4-11(17)5-3-10/h2-7,9H,8H2,1H3,(H,18,21)(H,19,22). The Morgan fingerprint density at radius 1 is 1.16 bits per heavy atom. The van der Waals surface area contributed by atoms with Gasteiger partial charge in [-0.25, -0.2) is 0 Å². The molecule has 2 rings (SSSR count). The third-order valence-corrected chi connectivity index (χ3v) is 4.22. The van der Waals surface area contributed by atoms with Crippen LogP contribution in [0.1, 0.15) is 15.9 Å². The van der Waals surface area contributed by atoms with Crippen molar-refractivity contribution in [3.8, 4) is 0 Å². The number of nitrogens with one attached hydrogen (secondary N) is 2. The fourth-order valence-electron chi connectivity index (χ4n) is 2.01. The molecule has 25 heavy (non-hydrogen) atoms. The molecule has 0 spiro atoms. The third-order valence-electron chi connectivity index (χ3n) is 3.24. The van der Waals surface area contributed by atoms with Gasteiger partial charge >= 0.3 is 0 Å². The van der Waals surface area contributed by atoms with Crippen molar-refractivity contribution in [1.29, 1.82) is 0 Å². The van der Waals surface area contributed by atoms with E-state index < -0.39 is 16.7 Å². The molecule has 0 atom stereocenters. The van der Waals surface area contributed by atoms with E-state index in [2.05, 4.69) is 10.9 Å². The van der Waals surface area contributed by atoms with Gasteiger partial charge in [0, 0.05) is 16.0 Å². The van der Waals surface area contributed by atoms with Gasteiger partial charge in [0.25, 0.3) is 11.6 Å². The third kappa shape index (κ3) is 5.20. The van der Waals surface area contributed by atoms with Crippen molar-refractivity contribution in [1.82, 2.24) is 10.9 Å². The number of hydrogen-bond acceptors (Lipinski definition) is 5. The van der Waals surface area contributed by atoms with Crippen LogP contribution in [-0.4, -0.2) is 23.0 Å². The topological polar surface area (TPSA) is 101 Å². The number of halogens is 1. The first-order chi connectivity index (χ1) is 11.9. The SMILES string of the molecule is CSc1ccc([N+](=O)[O-])c(C(=O)NNC(=O)Cc2ccc(Cl)cc2)c1. The molecule has 0 unspecified atom stereocenters. The van der Waals surface area contributed by atoms with E-state index in [9.17, 15) is 19.7 Å². The van der Waals surface area contributed by atoms with Crippen LogP contribution in [0.3, 0.4) is 0 Å².